The second-order valence-electron chi connectivity index (χ2n) is 10.2. The van der Waals surface area contributed by atoms with E-state index in [2.05, 4.69) is 10.1 Å². The Hall–Kier alpha value is -4.47. The molecule has 234 valence electrons. The molecule has 1 saturated heterocycles. The molecule has 0 aliphatic carbocycles. The first kappa shape index (κ1) is 31.0. The number of anilines is 1. The van der Waals surface area contributed by atoms with E-state index in [9.17, 15) is 49.5 Å². The Bertz CT molecular complexity index is 1730. The zero-order valence-electron chi connectivity index (χ0n) is 22.3. The number of sulfonamides is 1. The summed E-state index contributed by atoms with van der Waals surface area (Å²) in [6.07, 6.45) is -6.66. The number of carboxylic acid groups (broad SMARTS) is 1. The van der Waals surface area contributed by atoms with Gasteiger partial charge in [-0.15, -0.1) is 0 Å². The molecule has 0 spiro atoms. The molecule has 2 heterocycles. The Morgan fingerprint density at radius 1 is 1.11 bits per heavy atom. The molecule has 0 unspecified atom stereocenters. The maximum Gasteiger partial charge on any atom is 0.416 e. The maximum atomic E-state index is 14.3. The number of hydrogen-bond donors (Lipinski definition) is 2. The van der Waals surface area contributed by atoms with E-state index in [4.69, 9.17) is 4.74 Å². The number of aliphatic carboxylic acids is 1. The number of carboxylic acids is 1. The lowest BCUT2D eigenvalue weighted by atomic mass is 9.90. The van der Waals surface area contributed by atoms with Crippen LogP contribution >= 0.6 is 0 Å². The third-order valence-corrected chi connectivity index (χ3v) is 8.99. The molecule has 0 saturated carbocycles. The van der Waals surface area contributed by atoms with Crippen LogP contribution < -0.4 is 19.1 Å². The number of halogens is 6. The number of benzene rings is 3. The van der Waals surface area contributed by atoms with Crippen LogP contribution in [0.25, 0.3) is 11.1 Å². The number of alkyl halides is 5. The van der Waals surface area contributed by atoms with E-state index in [0.29, 0.717) is 18.2 Å². The number of nitrogens with zero attached hydrogens (tertiary/aromatic N) is 1. The van der Waals surface area contributed by atoms with Gasteiger partial charge in [0.25, 0.3) is 10.0 Å². The van der Waals surface area contributed by atoms with Crippen LogP contribution in [0, 0.1) is 5.82 Å². The predicted octanol–water partition coefficient (Wildman–Crippen LogP) is 5.19. The largest absolute Gasteiger partial charge is 0.486 e. The fourth-order valence-corrected chi connectivity index (χ4v) is 6.74. The number of fused-ring (bicyclic) bond motifs is 1. The van der Waals surface area contributed by atoms with Gasteiger partial charge in [-0.2, -0.15) is 22.0 Å². The van der Waals surface area contributed by atoms with Crippen LogP contribution in [0.2, 0.25) is 0 Å². The molecular formula is C28H22F6N2O7S. The number of carbonyl (C=O) groups excluding carboxylic acids is 1. The summed E-state index contributed by atoms with van der Waals surface area (Å²) in [6.45, 7) is -3.84. The molecule has 3 aromatic rings. The maximum absolute atomic E-state index is 14.3. The average Bonchev–Trinajstić information content (AvgIpc) is 3.32. The highest BCUT2D eigenvalue weighted by Crippen LogP contribution is 2.43. The topological polar surface area (TPSA) is 122 Å². The van der Waals surface area contributed by atoms with Crippen LogP contribution in [0.15, 0.2) is 65.6 Å². The molecule has 2 atom stereocenters. The normalized spacial score (nSPS) is 20.2. The van der Waals surface area contributed by atoms with Crippen LogP contribution in [0.3, 0.4) is 0 Å². The van der Waals surface area contributed by atoms with Crippen molar-refractivity contribution in [2.75, 3.05) is 10.8 Å². The average molecular weight is 645 g/mol. The first-order chi connectivity index (χ1) is 20.6. The van der Waals surface area contributed by atoms with Crippen molar-refractivity contribution in [2.45, 2.75) is 48.6 Å². The molecule has 0 bridgehead atoms. The predicted molar refractivity (Wildman–Crippen MR) is 141 cm³/mol. The molecule has 2 N–H and O–H groups in total. The van der Waals surface area contributed by atoms with Gasteiger partial charge in [0.05, 0.1) is 22.7 Å². The Morgan fingerprint density at radius 3 is 2.50 bits per heavy atom. The summed E-state index contributed by atoms with van der Waals surface area (Å²) >= 11 is 0. The highest BCUT2D eigenvalue weighted by molar-refractivity contribution is 7.92. The van der Waals surface area contributed by atoms with Crippen LogP contribution in [0.1, 0.15) is 24.8 Å². The van der Waals surface area contributed by atoms with Crippen LogP contribution in [0.5, 0.6) is 11.5 Å². The second kappa shape index (κ2) is 11.2. The van der Waals surface area contributed by atoms with Crippen LogP contribution in [-0.2, 0) is 25.8 Å². The van der Waals surface area contributed by atoms with Gasteiger partial charge in [-0.05, 0) is 60.0 Å². The molecular weight excluding hydrogens is 622 g/mol. The Labute approximate surface area is 246 Å². The van der Waals surface area contributed by atoms with Gasteiger partial charge in [-0.1, -0.05) is 12.1 Å². The van der Waals surface area contributed by atoms with Crippen LogP contribution in [-0.4, -0.2) is 50.2 Å². The summed E-state index contributed by atoms with van der Waals surface area (Å²) < 4.78 is 119. The van der Waals surface area contributed by atoms with E-state index < -0.39 is 74.9 Å². The van der Waals surface area contributed by atoms with E-state index >= 15 is 0 Å². The number of rotatable bonds is 8. The summed E-state index contributed by atoms with van der Waals surface area (Å²) in [5, 5.41) is 12.3. The van der Waals surface area contributed by atoms with Crippen LogP contribution in [0.4, 0.5) is 32.0 Å². The summed E-state index contributed by atoms with van der Waals surface area (Å²) in [5.41, 5.74) is -3.11. The fourth-order valence-electron chi connectivity index (χ4n) is 5.19. The lowest BCUT2D eigenvalue weighted by Gasteiger charge is -2.38. The van der Waals surface area contributed by atoms with Crippen molar-refractivity contribution >= 4 is 27.6 Å². The van der Waals surface area contributed by atoms with Gasteiger partial charge in [-0.3, -0.25) is 9.10 Å². The molecule has 2 aliphatic rings. The van der Waals surface area contributed by atoms with E-state index in [1.54, 1.807) is 0 Å². The van der Waals surface area contributed by atoms with Crippen molar-refractivity contribution in [3.8, 4) is 22.6 Å². The lowest BCUT2D eigenvalue weighted by molar-refractivity contribution is -0.146. The summed E-state index contributed by atoms with van der Waals surface area (Å²) in [5.74, 6) is -3.50. The Kier molecular flexibility index (Phi) is 7.90. The SMILES string of the molecule is O=C1CC[C@@](C[C@H]2CN(S(=O)(=O)c3cccc(C(F)(F)F)c3)c3cc(-c4cc(F)cc(OC(F)F)c4)ccc3O2)(C(=O)O)N1. The number of amides is 1. The van der Waals surface area contributed by atoms with Crippen molar-refractivity contribution in [3.05, 3.63) is 72.0 Å². The first-order valence-corrected chi connectivity index (χ1v) is 14.3. The third kappa shape index (κ3) is 6.11. The molecule has 44 heavy (non-hydrogen) atoms. The van der Waals surface area contributed by atoms with Crippen molar-refractivity contribution in [1.29, 1.82) is 0 Å². The molecule has 1 amide bonds. The van der Waals surface area contributed by atoms with E-state index in [1.165, 1.54) is 18.2 Å². The summed E-state index contributed by atoms with van der Waals surface area (Å²) in [4.78, 5) is 23.3. The smallest absolute Gasteiger partial charge is 0.416 e. The highest BCUT2D eigenvalue weighted by Gasteiger charge is 2.48. The molecule has 9 nitrogen and oxygen atoms in total. The zero-order valence-corrected chi connectivity index (χ0v) is 23.1. The standard InChI is InChI=1S/C28H22F6N2O7S/c29-18-8-16(9-19(12-18)43-26(30)31)15-4-5-23-22(10-15)36(44(40,41)21-3-1-2-17(11-21)28(32,33)34)14-20(42-23)13-27(25(38)39)7-6-24(37)35-27/h1-5,8-12,20,26H,6-7,13-14H2,(H,35,37)(H,38,39)/t20-,27+/m0/s1. The fraction of sp³-hybridized carbons (Fsp3) is 0.286. The van der Waals surface area contributed by atoms with Gasteiger partial charge in [0.2, 0.25) is 5.91 Å². The Balaban J connectivity index is 1.61. The Morgan fingerprint density at radius 2 is 1.86 bits per heavy atom. The van der Waals surface area contributed by atoms with Gasteiger partial charge < -0.3 is 19.9 Å². The molecule has 5 rings (SSSR count). The first-order valence-electron chi connectivity index (χ1n) is 12.9. The number of carbonyl (C=O) groups is 2. The minimum absolute atomic E-state index is 0.000452. The quantitative estimate of drug-likeness (QED) is 0.324. The third-order valence-electron chi connectivity index (χ3n) is 7.21. The lowest BCUT2D eigenvalue weighted by Crippen LogP contribution is -2.54. The second-order valence-corrected chi connectivity index (χ2v) is 12.0. The minimum atomic E-state index is -4.87. The molecule has 0 aromatic heterocycles. The van der Waals surface area contributed by atoms with Gasteiger partial charge in [0.15, 0.2) is 0 Å². The zero-order chi connectivity index (χ0) is 32.0. The molecule has 1 fully saturated rings. The number of ether oxygens (including phenoxy) is 2. The van der Waals surface area contributed by atoms with E-state index in [0.717, 1.165) is 28.6 Å². The van der Waals surface area contributed by atoms with Gasteiger partial charge in [0, 0.05) is 18.9 Å². The van der Waals surface area contributed by atoms with Crippen molar-refractivity contribution in [3.63, 3.8) is 0 Å². The number of nitrogens with one attached hydrogen (secondary N) is 1. The van der Waals surface area contributed by atoms with Crippen molar-refractivity contribution in [1.82, 2.24) is 5.32 Å². The van der Waals surface area contributed by atoms with E-state index in [1.807, 2.05) is 0 Å². The van der Waals surface area contributed by atoms with Crippen molar-refractivity contribution in [2.24, 2.45) is 0 Å². The summed E-state index contributed by atoms with van der Waals surface area (Å²) in [6, 6.07) is 9.59. The number of hydrogen-bond acceptors (Lipinski definition) is 6. The molecule has 2 aliphatic heterocycles. The highest BCUT2D eigenvalue weighted by atomic mass is 32.2. The van der Waals surface area contributed by atoms with Gasteiger partial charge in [-0.25, -0.2) is 17.6 Å². The van der Waals surface area contributed by atoms with Gasteiger partial charge >= 0.3 is 18.8 Å². The molecule has 3 aromatic carbocycles. The van der Waals surface area contributed by atoms with Crippen molar-refractivity contribution < 1.29 is 58.9 Å². The monoisotopic (exact) mass is 644 g/mol. The molecule has 16 heteroatoms. The summed E-state index contributed by atoms with van der Waals surface area (Å²) in [7, 11) is -4.79. The molecule has 0 radical (unpaired) electrons. The van der Waals surface area contributed by atoms with E-state index in [-0.39, 0.29) is 41.8 Å². The minimum Gasteiger partial charge on any atom is -0.486 e. The van der Waals surface area contributed by atoms with Gasteiger partial charge in [0.1, 0.15) is 29.0 Å².